The molecular weight excluding hydrogens is 322 g/mol. The highest BCUT2D eigenvalue weighted by molar-refractivity contribution is 5.78. The number of aromatic nitrogens is 2. The zero-order valence-corrected chi connectivity index (χ0v) is 15.5. The molecule has 2 aromatic rings. The lowest BCUT2D eigenvalue weighted by Crippen LogP contribution is -2.21. The fraction of sp³-hybridized carbons (Fsp3) is 0.364. The Labute approximate surface area is 155 Å². The van der Waals surface area contributed by atoms with Gasteiger partial charge in [-0.15, -0.1) is 0 Å². The zero-order chi connectivity index (χ0) is 17.9. The molecule has 2 heterocycles. The summed E-state index contributed by atoms with van der Waals surface area (Å²) in [6.07, 6.45) is 10.9. The molecular formula is C22H25N3O. The summed E-state index contributed by atoms with van der Waals surface area (Å²) in [7, 11) is 1.66. The molecule has 0 atom stereocenters. The van der Waals surface area contributed by atoms with Crippen LogP contribution in [0.4, 0.5) is 0 Å². The quantitative estimate of drug-likeness (QED) is 0.748. The van der Waals surface area contributed by atoms with E-state index >= 15 is 0 Å². The maximum atomic E-state index is 5.43. The first kappa shape index (κ1) is 17.0. The summed E-state index contributed by atoms with van der Waals surface area (Å²) in [5.41, 5.74) is 8.00. The van der Waals surface area contributed by atoms with E-state index in [1.54, 1.807) is 19.5 Å². The predicted molar refractivity (Wildman–Crippen MR) is 104 cm³/mol. The van der Waals surface area contributed by atoms with Crippen LogP contribution in [-0.4, -0.2) is 41.6 Å². The van der Waals surface area contributed by atoms with Gasteiger partial charge in [0.15, 0.2) is 0 Å². The highest BCUT2D eigenvalue weighted by atomic mass is 16.5. The molecule has 134 valence electrons. The molecule has 0 N–H and O–H groups in total. The second-order valence-electron chi connectivity index (χ2n) is 7.09. The van der Waals surface area contributed by atoms with E-state index < -0.39 is 0 Å². The monoisotopic (exact) mass is 347 g/mol. The van der Waals surface area contributed by atoms with Gasteiger partial charge in [-0.1, -0.05) is 41.5 Å². The van der Waals surface area contributed by atoms with Crippen LogP contribution in [0.1, 0.15) is 28.8 Å². The maximum Gasteiger partial charge on any atom is 0.235 e. The molecule has 0 bridgehead atoms. The minimum absolute atomic E-state index is 0.628. The lowest BCUT2D eigenvalue weighted by atomic mass is 9.98. The van der Waals surface area contributed by atoms with Crippen LogP contribution in [0.3, 0.4) is 0 Å². The molecule has 0 fully saturated rings. The van der Waals surface area contributed by atoms with Gasteiger partial charge in [0, 0.05) is 38.4 Å². The van der Waals surface area contributed by atoms with Crippen LogP contribution < -0.4 is 4.74 Å². The Bertz CT molecular complexity index is 861. The van der Waals surface area contributed by atoms with Crippen molar-refractivity contribution in [2.45, 2.75) is 26.2 Å². The van der Waals surface area contributed by atoms with Crippen molar-refractivity contribution in [1.29, 1.82) is 0 Å². The van der Waals surface area contributed by atoms with Crippen molar-refractivity contribution in [2.24, 2.45) is 0 Å². The van der Waals surface area contributed by atoms with Gasteiger partial charge in [0.25, 0.3) is 0 Å². The van der Waals surface area contributed by atoms with E-state index in [0.717, 1.165) is 44.6 Å². The Kier molecular flexibility index (Phi) is 4.85. The molecule has 0 amide bonds. The summed E-state index contributed by atoms with van der Waals surface area (Å²) < 4.78 is 5.43. The third kappa shape index (κ3) is 3.42. The second-order valence-corrected chi connectivity index (χ2v) is 7.09. The highest BCUT2D eigenvalue weighted by Crippen LogP contribution is 2.38. The molecule has 0 radical (unpaired) electrons. The third-order valence-corrected chi connectivity index (χ3v) is 5.31. The van der Waals surface area contributed by atoms with E-state index in [0.29, 0.717) is 5.88 Å². The lowest BCUT2D eigenvalue weighted by molar-refractivity contribution is 0.356. The van der Waals surface area contributed by atoms with Crippen molar-refractivity contribution < 1.29 is 4.74 Å². The normalized spacial score (nSPS) is 16.4. The number of nitrogens with zero attached hydrogens (tertiary/aromatic N) is 3. The predicted octanol–water partition coefficient (Wildman–Crippen LogP) is 3.61. The van der Waals surface area contributed by atoms with E-state index in [-0.39, 0.29) is 0 Å². The number of hydrogen-bond donors (Lipinski definition) is 0. The molecule has 0 saturated carbocycles. The van der Waals surface area contributed by atoms with Crippen LogP contribution in [-0.2, 0) is 12.8 Å². The molecule has 1 aliphatic carbocycles. The van der Waals surface area contributed by atoms with Gasteiger partial charge in [0.1, 0.15) is 5.69 Å². The molecule has 4 heteroatoms. The average molecular weight is 347 g/mol. The van der Waals surface area contributed by atoms with Crippen molar-refractivity contribution in [3.8, 4) is 5.88 Å². The minimum atomic E-state index is 0.628. The van der Waals surface area contributed by atoms with Gasteiger partial charge in [0.05, 0.1) is 7.11 Å². The highest BCUT2D eigenvalue weighted by Gasteiger charge is 2.23. The Morgan fingerprint density at radius 1 is 1.12 bits per heavy atom. The van der Waals surface area contributed by atoms with Crippen molar-refractivity contribution in [3.05, 3.63) is 70.7 Å². The topological polar surface area (TPSA) is 38.3 Å². The van der Waals surface area contributed by atoms with Gasteiger partial charge in [-0.25, -0.2) is 4.98 Å². The van der Waals surface area contributed by atoms with Gasteiger partial charge in [-0.05, 0) is 36.5 Å². The van der Waals surface area contributed by atoms with Crippen molar-refractivity contribution in [2.75, 3.05) is 26.7 Å². The van der Waals surface area contributed by atoms with Crippen LogP contribution >= 0.6 is 0 Å². The van der Waals surface area contributed by atoms with Gasteiger partial charge in [-0.3, -0.25) is 9.88 Å². The Balaban J connectivity index is 1.63. The van der Waals surface area contributed by atoms with E-state index in [4.69, 9.17) is 4.74 Å². The fourth-order valence-electron chi connectivity index (χ4n) is 3.96. The Morgan fingerprint density at radius 3 is 2.73 bits per heavy atom. The molecule has 0 spiro atoms. The number of aryl methyl sites for hydroxylation is 1. The molecule has 1 aliphatic heterocycles. The lowest BCUT2D eigenvalue weighted by Gasteiger charge is -2.16. The van der Waals surface area contributed by atoms with E-state index in [2.05, 4.69) is 52.1 Å². The molecule has 4 nitrogen and oxygen atoms in total. The third-order valence-electron chi connectivity index (χ3n) is 5.31. The summed E-state index contributed by atoms with van der Waals surface area (Å²) in [4.78, 5) is 11.3. The summed E-state index contributed by atoms with van der Waals surface area (Å²) in [6, 6.07) is 6.81. The second kappa shape index (κ2) is 7.42. The summed E-state index contributed by atoms with van der Waals surface area (Å²) in [5, 5.41) is 0. The summed E-state index contributed by atoms with van der Waals surface area (Å²) in [5.74, 6) is 0.628. The molecule has 1 aromatic heterocycles. The van der Waals surface area contributed by atoms with Crippen molar-refractivity contribution in [3.63, 3.8) is 0 Å². The number of hydrogen-bond acceptors (Lipinski definition) is 4. The number of allylic oxidation sites excluding steroid dienone is 1. The maximum absolute atomic E-state index is 5.43. The van der Waals surface area contributed by atoms with Gasteiger partial charge >= 0.3 is 0 Å². The van der Waals surface area contributed by atoms with Gasteiger partial charge in [0.2, 0.25) is 5.88 Å². The van der Waals surface area contributed by atoms with Crippen LogP contribution in [0.15, 0.2) is 48.3 Å². The average Bonchev–Trinajstić information content (AvgIpc) is 3.28. The van der Waals surface area contributed by atoms with Gasteiger partial charge in [-0.2, -0.15) is 0 Å². The smallest absolute Gasteiger partial charge is 0.235 e. The first-order valence-electron chi connectivity index (χ1n) is 9.26. The molecule has 0 unspecified atom stereocenters. The first-order chi connectivity index (χ1) is 12.7. The Morgan fingerprint density at radius 2 is 1.92 bits per heavy atom. The standard InChI is InChI=1S/C22H25N3O/c1-16-5-6-19-18(13-16)14-17(7-12-25-10-3-4-11-25)20(19)15-21-22(26-2)24-9-8-23-21/h3-6,8-9,13H,7,10-12,14-15H2,1-2H3. The zero-order valence-electron chi connectivity index (χ0n) is 15.5. The van der Waals surface area contributed by atoms with Crippen LogP contribution in [0, 0.1) is 6.92 Å². The number of ether oxygens (including phenoxy) is 1. The Hall–Kier alpha value is -2.46. The van der Waals surface area contributed by atoms with Crippen LogP contribution in [0.2, 0.25) is 0 Å². The fourth-order valence-corrected chi connectivity index (χ4v) is 3.96. The summed E-state index contributed by atoms with van der Waals surface area (Å²) in [6.45, 7) is 5.43. The number of fused-ring (bicyclic) bond motifs is 1. The molecule has 0 saturated heterocycles. The van der Waals surface area contributed by atoms with E-state index in [9.17, 15) is 0 Å². The minimum Gasteiger partial charge on any atom is -0.480 e. The molecule has 2 aliphatic rings. The van der Waals surface area contributed by atoms with Crippen LogP contribution in [0.25, 0.3) is 5.57 Å². The molecule has 1 aromatic carbocycles. The molecule has 26 heavy (non-hydrogen) atoms. The van der Waals surface area contributed by atoms with Crippen LogP contribution in [0.5, 0.6) is 5.88 Å². The van der Waals surface area contributed by atoms with E-state index in [1.165, 1.54) is 27.8 Å². The van der Waals surface area contributed by atoms with E-state index in [1.807, 2.05) is 0 Å². The van der Waals surface area contributed by atoms with Crippen molar-refractivity contribution in [1.82, 2.24) is 14.9 Å². The SMILES string of the molecule is COc1nccnc1CC1=C(CCN2CC=CC2)Cc2cc(C)ccc21. The number of benzene rings is 1. The number of methoxy groups -OCH3 is 1. The first-order valence-corrected chi connectivity index (χ1v) is 9.26. The van der Waals surface area contributed by atoms with Crippen molar-refractivity contribution >= 4 is 5.57 Å². The summed E-state index contributed by atoms with van der Waals surface area (Å²) >= 11 is 0. The van der Waals surface area contributed by atoms with Gasteiger partial charge < -0.3 is 4.74 Å². The largest absolute Gasteiger partial charge is 0.480 e. The molecule has 4 rings (SSSR count). The number of rotatable bonds is 6.